The first-order chi connectivity index (χ1) is 9.17. The normalized spacial score (nSPS) is 11.1. The molecular formula is C16H15NOS. The Bertz CT molecular complexity index is 728. The van der Waals surface area contributed by atoms with E-state index < -0.39 is 0 Å². The Morgan fingerprint density at radius 2 is 1.79 bits per heavy atom. The first-order valence-corrected chi connectivity index (χ1v) is 7.42. The van der Waals surface area contributed by atoms with Crippen molar-refractivity contribution in [1.82, 2.24) is 4.98 Å². The van der Waals surface area contributed by atoms with Gasteiger partial charge in [-0.15, -0.1) is 11.8 Å². The maximum Gasteiger partial charge on any atom is 0.227 e. The highest BCUT2D eigenvalue weighted by Gasteiger charge is 2.10. The number of fused-ring (bicyclic) bond motifs is 1. The standard InChI is InChI=1S/C16H15NOS/c1-10-8-11(2)15-14(9-10)17-16(18-15)12-4-6-13(19-3)7-5-12/h4-9H,1-3H3. The van der Waals surface area contributed by atoms with Gasteiger partial charge >= 0.3 is 0 Å². The lowest BCUT2D eigenvalue weighted by molar-refractivity contribution is 0.617. The summed E-state index contributed by atoms with van der Waals surface area (Å²) in [5.41, 5.74) is 5.18. The molecule has 0 aliphatic heterocycles. The van der Waals surface area contributed by atoms with Gasteiger partial charge in [-0.25, -0.2) is 4.98 Å². The van der Waals surface area contributed by atoms with Gasteiger partial charge in [-0.05, 0) is 61.6 Å². The molecule has 0 spiro atoms. The fourth-order valence-corrected chi connectivity index (χ4v) is 2.64. The van der Waals surface area contributed by atoms with Gasteiger partial charge in [-0.1, -0.05) is 6.07 Å². The zero-order chi connectivity index (χ0) is 13.4. The molecule has 0 atom stereocenters. The summed E-state index contributed by atoms with van der Waals surface area (Å²) in [7, 11) is 0. The van der Waals surface area contributed by atoms with Gasteiger partial charge in [0.2, 0.25) is 5.89 Å². The van der Waals surface area contributed by atoms with E-state index >= 15 is 0 Å². The lowest BCUT2D eigenvalue weighted by atomic mass is 10.1. The average Bonchev–Trinajstić information content (AvgIpc) is 2.83. The summed E-state index contributed by atoms with van der Waals surface area (Å²) in [6, 6.07) is 12.5. The molecule has 0 unspecified atom stereocenters. The lowest BCUT2D eigenvalue weighted by Crippen LogP contribution is -1.78. The largest absolute Gasteiger partial charge is 0.436 e. The molecule has 2 aromatic carbocycles. The van der Waals surface area contributed by atoms with Crippen LogP contribution in [0.25, 0.3) is 22.6 Å². The first-order valence-electron chi connectivity index (χ1n) is 6.19. The summed E-state index contributed by atoms with van der Waals surface area (Å²) in [5.74, 6) is 0.691. The quantitative estimate of drug-likeness (QED) is 0.623. The van der Waals surface area contributed by atoms with E-state index in [1.54, 1.807) is 11.8 Å². The summed E-state index contributed by atoms with van der Waals surface area (Å²) < 4.78 is 5.90. The second kappa shape index (κ2) is 4.74. The molecule has 19 heavy (non-hydrogen) atoms. The summed E-state index contributed by atoms with van der Waals surface area (Å²) >= 11 is 1.73. The minimum atomic E-state index is 0.691. The average molecular weight is 269 g/mol. The van der Waals surface area contributed by atoms with Crippen LogP contribution in [0.1, 0.15) is 11.1 Å². The van der Waals surface area contributed by atoms with Gasteiger partial charge in [-0.3, -0.25) is 0 Å². The fourth-order valence-electron chi connectivity index (χ4n) is 2.23. The molecule has 1 aromatic heterocycles. The Morgan fingerprint density at radius 3 is 2.47 bits per heavy atom. The molecule has 0 saturated heterocycles. The maximum atomic E-state index is 5.90. The Morgan fingerprint density at radius 1 is 1.05 bits per heavy atom. The van der Waals surface area contributed by atoms with Crippen molar-refractivity contribution in [3.63, 3.8) is 0 Å². The van der Waals surface area contributed by atoms with E-state index in [-0.39, 0.29) is 0 Å². The van der Waals surface area contributed by atoms with E-state index in [1.165, 1.54) is 10.5 Å². The molecule has 0 amide bonds. The van der Waals surface area contributed by atoms with Crippen LogP contribution in [-0.2, 0) is 0 Å². The molecule has 0 aliphatic rings. The van der Waals surface area contributed by atoms with Crippen molar-refractivity contribution in [1.29, 1.82) is 0 Å². The van der Waals surface area contributed by atoms with Crippen LogP contribution in [0.3, 0.4) is 0 Å². The van der Waals surface area contributed by atoms with Crippen molar-refractivity contribution < 1.29 is 4.42 Å². The van der Waals surface area contributed by atoms with Crippen LogP contribution in [0.4, 0.5) is 0 Å². The zero-order valence-electron chi connectivity index (χ0n) is 11.2. The molecule has 0 saturated carbocycles. The lowest BCUT2D eigenvalue weighted by Gasteiger charge is -1.97. The van der Waals surface area contributed by atoms with Gasteiger partial charge in [0.1, 0.15) is 5.52 Å². The topological polar surface area (TPSA) is 26.0 Å². The number of thioether (sulfide) groups is 1. The molecule has 1 heterocycles. The number of hydrogen-bond donors (Lipinski definition) is 0. The molecule has 3 aromatic rings. The highest BCUT2D eigenvalue weighted by molar-refractivity contribution is 7.98. The third kappa shape index (κ3) is 2.26. The van der Waals surface area contributed by atoms with Crippen molar-refractivity contribution in [2.24, 2.45) is 0 Å². The Kier molecular flexibility index (Phi) is 3.07. The number of aryl methyl sites for hydroxylation is 2. The number of aromatic nitrogens is 1. The van der Waals surface area contributed by atoms with E-state index in [9.17, 15) is 0 Å². The zero-order valence-corrected chi connectivity index (χ0v) is 12.0. The highest BCUT2D eigenvalue weighted by Crippen LogP contribution is 2.28. The molecule has 0 bridgehead atoms. The summed E-state index contributed by atoms with van der Waals surface area (Å²) in [6.45, 7) is 4.13. The van der Waals surface area contributed by atoms with Crippen LogP contribution < -0.4 is 0 Å². The van der Waals surface area contributed by atoms with Crippen molar-refractivity contribution in [3.05, 3.63) is 47.5 Å². The highest BCUT2D eigenvalue weighted by atomic mass is 32.2. The van der Waals surface area contributed by atoms with Crippen LogP contribution in [0.15, 0.2) is 45.7 Å². The third-order valence-corrected chi connectivity index (χ3v) is 3.90. The van der Waals surface area contributed by atoms with Crippen LogP contribution >= 0.6 is 11.8 Å². The van der Waals surface area contributed by atoms with Gasteiger partial charge < -0.3 is 4.42 Å². The number of rotatable bonds is 2. The smallest absolute Gasteiger partial charge is 0.227 e. The SMILES string of the molecule is CSc1ccc(-c2nc3cc(C)cc(C)c3o2)cc1. The Balaban J connectivity index is 2.12. The number of hydrogen-bond acceptors (Lipinski definition) is 3. The molecule has 2 nitrogen and oxygen atoms in total. The molecule has 96 valence electrons. The van der Waals surface area contributed by atoms with Crippen LogP contribution in [0, 0.1) is 13.8 Å². The molecule has 3 rings (SSSR count). The molecule has 0 fully saturated rings. The molecule has 0 aliphatic carbocycles. The Labute approximate surface area is 116 Å². The van der Waals surface area contributed by atoms with Crippen molar-refractivity contribution in [2.75, 3.05) is 6.26 Å². The van der Waals surface area contributed by atoms with Crippen molar-refractivity contribution >= 4 is 22.9 Å². The van der Waals surface area contributed by atoms with Crippen LogP contribution in [0.2, 0.25) is 0 Å². The molecular weight excluding hydrogens is 254 g/mol. The second-order valence-corrected chi connectivity index (χ2v) is 5.56. The first kappa shape index (κ1) is 12.3. The van der Waals surface area contributed by atoms with Gasteiger partial charge in [0.25, 0.3) is 0 Å². The summed E-state index contributed by atoms with van der Waals surface area (Å²) in [6.07, 6.45) is 2.07. The third-order valence-electron chi connectivity index (χ3n) is 3.16. The van der Waals surface area contributed by atoms with Crippen molar-refractivity contribution in [3.8, 4) is 11.5 Å². The predicted molar refractivity (Wildman–Crippen MR) is 80.7 cm³/mol. The van der Waals surface area contributed by atoms with Gasteiger partial charge in [0.05, 0.1) is 0 Å². The Hall–Kier alpha value is -1.74. The molecule has 0 radical (unpaired) electrons. The summed E-state index contributed by atoms with van der Waals surface area (Å²) in [4.78, 5) is 5.83. The van der Waals surface area contributed by atoms with Crippen LogP contribution in [0.5, 0.6) is 0 Å². The fraction of sp³-hybridized carbons (Fsp3) is 0.188. The van der Waals surface area contributed by atoms with Crippen molar-refractivity contribution in [2.45, 2.75) is 18.7 Å². The number of nitrogens with zero attached hydrogens (tertiary/aromatic N) is 1. The van der Waals surface area contributed by atoms with Crippen LogP contribution in [-0.4, -0.2) is 11.2 Å². The monoisotopic (exact) mass is 269 g/mol. The van der Waals surface area contributed by atoms with Gasteiger partial charge in [-0.2, -0.15) is 0 Å². The number of oxazole rings is 1. The predicted octanol–water partition coefficient (Wildman–Crippen LogP) is 4.83. The van der Waals surface area contributed by atoms with Gasteiger partial charge in [0, 0.05) is 10.5 Å². The van der Waals surface area contributed by atoms with E-state index in [1.807, 2.05) is 0 Å². The van der Waals surface area contributed by atoms with E-state index in [4.69, 9.17) is 4.42 Å². The number of benzene rings is 2. The maximum absolute atomic E-state index is 5.90. The summed E-state index contributed by atoms with van der Waals surface area (Å²) in [5, 5.41) is 0. The molecule has 3 heteroatoms. The van der Waals surface area contributed by atoms with E-state index in [2.05, 4.69) is 61.5 Å². The minimum absolute atomic E-state index is 0.691. The molecule has 0 N–H and O–H groups in total. The second-order valence-electron chi connectivity index (χ2n) is 4.68. The van der Waals surface area contributed by atoms with E-state index in [0.717, 1.165) is 22.2 Å². The van der Waals surface area contributed by atoms with Gasteiger partial charge in [0.15, 0.2) is 5.58 Å². The van der Waals surface area contributed by atoms with E-state index in [0.29, 0.717) is 5.89 Å². The minimum Gasteiger partial charge on any atom is -0.436 e.